The van der Waals surface area contributed by atoms with Crippen molar-refractivity contribution in [2.45, 2.75) is 25.8 Å². The van der Waals surface area contributed by atoms with Crippen molar-refractivity contribution in [3.63, 3.8) is 0 Å². The van der Waals surface area contributed by atoms with Gasteiger partial charge in [-0.05, 0) is 31.0 Å². The van der Waals surface area contributed by atoms with Crippen molar-refractivity contribution in [3.05, 3.63) is 54.1 Å². The first kappa shape index (κ1) is 19.7. The second-order valence-corrected chi connectivity index (χ2v) is 6.78. The number of benzene rings is 2. The third-order valence-corrected chi connectivity index (χ3v) is 5.12. The molecule has 28 heavy (non-hydrogen) atoms. The van der Waals surface area contributed by atoms with Crippen LogP contribution in [0.2, 0.25) is 0 Å². The maximum Gasteiger partial charge on any atom is 0.249 e. The van der Waals surface area contributed by atoms with Gasteiger partial charge in [-0.15, -0.1) is 0 Å². The van der Waals surface area contributed by atoms with Gasteiger partial charge in [-0.2, -0.15) is 0 Å². The Morgan fingerprint density at radius 3 is 2.43 bits per heavy atom. The van der Waals surface area contributed by atoms with Gasteiger partial charge in [0.1, 0.15) is 6.04 Å². The Bertz CT molecular complexity index is 838. The van der Waals surface area contributed by atoms with Crippen LogP contribution in [0.15, 0.2) is 48.5 Å². The lowest BCUT2D eigenvalue weighted by atomic mass is 10.1. The lowest BCUT2D eigenvalue weighted by Gasteiger charge is -2.39. The molecule has 2 aromatic carbocycles. The van der Waals surface area contributed by atoms with Gasteiger partial charge in [0.25, 0.3) is 0 Å². The Hall–Kier alpha value is -3.02. The first-order chi connectivity index (χ1) is 13.5. The molecule has 2 aromatic rings. The number of aryl methyl sites for hydroxylation is 1. The zero-order valence-electron chi connectivity index (χ0n) is 16.6. The molecule has 0 aliphatic carbocycles. The monoisotopic (exact) mass is 382 g/mol. The fraction of sp³-hybridized carbons (Fsp3) is 0.364. The molecule has 1 aliphatic rings. The maximum absolute atomic E-state index is 12.9. The number of amides is 2. The number of ether oxygens (including phenoxy) is 2. The molecule has 1 atom stereocenters. The van der Waals surface area contributed by atoms with Crippen molar-refractivity contribution >= 4 is 17.5 Å². The lowest BCUT2D eigenvalue weighted by molar-refractivity contribution is -0.140. The Morgan fingerprint density at radius 1 is 1.04 bits per heavy atom. The van der Waals surface area contributed by atoms with E-state index >= 15 is 0 Å². The molecule has 1 aliphatic heterocycles. The van der Waals surface area contributed by atoms with E-state index in [-0.39, 0.29) is 11.8 Å². The summed E-state index contributed by atoms with van der Waals surface area (Å²) in [7, 11) is 3.14. The van der Waals surface area contributed by atoms with E-state index in [1.165, 1.54) is 0 Å². The Balaban J connectivity index is 1.67. The van der Waals surface area contributed by atoms with Crippen LogP contribution in [0.1, 0.15) is 18.9 Å². The number of hydrogen-bond donors (Lipinski definition) is 0. The van der Waals surface area contributed by atoms with Crippen molar-refractivity contribution < 1.29 is 19.1 Å². The highest BCUT2D eigenvalue weighted by atomic mass is 16.5. The van der Waals surface area contributed by atoms with Gasteiger partial charge < -0.3 is 19.3 Å². The minimum Gasteiger partial charge on any atom is -0.493 e. The number of piperazine rings is 1. The Kier molecular flexibility index (Phi) is 6.19. The van der Waals surface area contributed by atoms with Crippen LogP contribution in [-0.2, 0) is 16.0 Å². The molecule has 0 N–H and O–H groups in total. The fourth-order valence-corrected chi connectivity index (χ4v) is 3.50. The highest BCUT2D eigenvalue weighted by molar-refractivity contribution is 6.00. The van der Waals surface area contributed by atoms with Gasteiger partial charge in [0, 0.05) is 31.3 Å². The smallest absolute Gasteiger partial charge is 0.249 e. The lowest BCUT2D eigenvalue weighted by Crippen LogP contribution is -2.57. The first-order valence-corrected chi connectivity index (χ1v) is 9.42. The summed E-state index contributed by atoms with van der Waals surface area (Å²) in [5.41, 5.74) is 1.87. The van der Waals surface area contributed by atoms with E-state index in [1.54, 1.807) is 43.1 Å². The predicted octanol–water partition coefficient (Wildman–Crippen LogP) is 2.90. The fourth-order valence-electron chi connectivity index (χ4n) is 3.50. The molecule has 0 saturated carbocycles. The van der Waals surface area contributed by atoms with Crippen LogP contribution >= 0.6 is 0 Å². The number of methoxy groups -OCH3 is 2. The zero-order valence-corrected chi connectivity index (χ0v) is 16.6. The molecule has 0 bridgehead atoms. The van der Waals surface area contributed by atoms with Crippen LogP contribution in [0.5, 0.6) is 11.5 Å². The summed E-state index contributed by atoms with van der Waals surface area (Å²) in [6.45, 7) is 2.75. The van der Waals surface area contributed by atoms with Crippen molar-refractivity contribution in [1.82, 2.24) is 4.90 Å². The topological polar surface area (TPSA) is 59.1 Å². The average Bonchev–Trinajstić information content (AvgIpc) is 2.74. The van der Waals surface area contributed by atoms with E-state index in [9.17, 15) is 9.59 Å². The summed E-state index contributed by atoms with van der Waals surface area (Å²) in [5, 5.41) is 0. The summed E-state index contributed by atoms with van der Waals surface area (Å²) in [4.78, 5) is 29.0. The third kappa shape index (κ3) is 4.11. The van der Waals surface area contributed by atoms with Gasteiger partial charge in [0.05, 0.1) is 14.2 Å². The molecule has 6 heteroatoms. The summed E-state index contributed by atoms with van der Waals surface area (Å²) < 4.78 is 10.6. The van der Waals surface area contributed by atoms with Gasteiger partial charge >= 0.3 is 0 Å². The molecule has 0 aromatic heterocycles. The molecule has 148 valence electrons. The number of carbonyl (C=O) groups is 2. The molecule has 3 rings (SSSR count). The van der Waals surface area contributed by atoms with Crippen molar-refractivity contribution in [3.8, 4) is 11.5 Å². The molecular formula is C22H26N2O4. The second-order valence-electron chi connectivity index (χ2n) is 6.78. The number of rotatable bonds is 6. The van der Waals surface area contributed by atoms with Crippen molar-refractivity contribution in [2.75, 3.05) is 32.2 Å². The van der Waals surface area contributed by atoms with E-state index in [1.807, 2.05) is 36.4 Å². The van der Waals surface area contributed by atoms with Crippen molar-refractivity contribution in [2.24, 2.45) is 0 Å². The molecule has 1 saturated heterocycles. The zero-order chi connectivity index (χ0) is 20.1. The minimum atomic E-state index is -0.495. The van der Waals surface area contributed by atoms with Crippen LogP contribution in [0.25, 0.3) is 0 Å². The number of hydrogen-bond acceptors (Lipinski definition) is 4. The van der Waals surface area contributed by atoms with E-state index < -0.39 is 6.04 Å². The van der Waals surface area contributed by atoms with E-state index in [4.69, 9.17) is 9.47 Å². The second kappa shape index (κ2) is 8.78. The normalized spacial score (nSPS) is 16.8. The summed E-state index contributed by atoms with van der Waals surface area (Å²) in [5.74, 6) is 1.10. The number of carbonyl (C=O) groups excluding carboxylic acids is 2. The molecule has 0 spiro atoms. The molecule has 2 amide bonds. The van der Waals surface area contributed by atoms with E-state index in [2.05, 4.69) is 0 Å². The highest BCUT2D eigenvalue weighted by Crippen LogP contribution is 2.32. The molecule has 1 unspecified atom stereocenters. The molecular weight excluding hydrogens is 356 g/mol. The standard InChI is InChI=1S/C22H26N2O4/c1-16-22(26)24(18-10-11-19(27-2)20(15-18)28-3)14-13-23(16)21(25)12-9-17-7-5-4-6-8-17/h4-8,10-11,15-16H,9,12-14H2,1-3H3. The van der Waals surface area contributed by atoms with Gasteiger partial charge in [0.2, 0.25) is 11.8 Å². The van der Waals surface area contributed by atoms with Crippen LogP contribution in [0, 0.1) is 0 Å². The number of anilines is 1. The maximum atomic E-state index is 12.9. The van der Waals surface area contributed by atoms with Gasteiger partial charge in [-0.1, -0.05) is 30.3 Å². The summed E-state index contributed by atoms with van der Waals surface area (Å²) >= 11 is 0. The van der Waals surface area contributed by atoms with Gasteiger partial charge in [-0.3, -0.25) is 9.59 Å². The highest BCUT2D eigenvalue weighted by Gasteiger charge is 2.34. The van der Waals surface area contributed by atoms with Gasteiger partial charge in [0.15, 0.2) is 11.5 Å². The Labute approximate surface area is 165 Å². The summed E-state index contributed by atoms with van der Waals surface area (Å²) in [6, 6.07) is 14.8. The van der Waals surface area contributed by atoms with E-state index in [0.29, 0.717) is 37.4 Å². The third-order valence-electron chi connectivity index (χ3n) is 5.12. The molecule has 1 fully saturated rings. The summed E-state index contributed by atoms with van der Waals surface area (Å²) in [6.07, 6.45) is 1.08. The van der Waals surface area contributed by atoms with Crippen LogP contribution in [0.4, 0.5) is 5.69 Å². The van der Waals surface area contributed by atoms with E-state index in [0.717, 1.165) is 11.3 Å². The number of nitrogens with zero attached hydrogens (tertiary/aromatic N) is 2. The molecule has 1 heterocycles. The van der Waals surface area contributed by atoms with Crippen LogP contribution in [-0.4, -0.2) is 50.1 Å². The minimum absolute atomic E-state index is 0.0108. The first-order valence-electron chi connectivity index (χ1n) is 9.42. The molecule has 6 nitrogen and oxygen atoms in total. The van der Waals surface area contributed by atoms with Crippen molar-refractivity contribution in [1.29, 1.82) is 0 Å². The van der Waals surface area contributed by atoms with Crippen LogP contribution in [0.3, 0.4) is 0 Å². The largest absolute Gasteiger partial charge is 0.493 e. The van der Waals surface area contributed by atoms with Gasteiger partial charge in [-0.25, -0.2) is 0 Å². The predicted molar refractivity (Wildman–Crippen MR) is 108 cm³/mol. The Morgan fingerprint density at radius 2 is 1.75 bits per heavy atom. The average molecular weight is 382 g/mol. The molecule has 0 radical (unpaired) electrons. The van der Waals surface area contributed by atoms with Crippen LogP contribution < -0.4 is 14.4 Å². The quantitative estimate of drug-likeness (QED) is 0.771. The SMILES string of the molecule is COc1ccc(N2CCN(C(=O)CCc3ccccc3)C(C)C2=O)cc1OC.